The molecule has 0 aromatic heterocycles. The molecule has 0 aliphatic carbocycles. The van der Waals surface area contributed by atoms with Gasteiger partial charge < -0.3 is 20.6 Å². The Kier molecular flexibility index (Phi) is 12.5. The molecule has 0 aliphatic heterocycles. The summed E-state index contributed by atoms with van der Waals surface area (Å²) in [5.74, 6) is -2.08. The molecule has 0 bridgehead atoms. The summed E-state index contributed by atoms with van der Waals surface area (Å²) >= 11 is 3.45. The highest BCUT2D eigenvalue weighted by Crippen LogP contribution is 2.29. The first-order chi connectivity index (χ1) is 19.8. The fourth-order valence-electron chi connectivity index (χ4n) is 4.57. The van der Waals surface area contributed by atoms with Crippen LogP contribution >= 0.6 is 15.9 Å². The van der Waals surface area contributed by atoms with E-state index in [0.717, 1.165) is 55.3 Å². The molecule has 11 heteroatoms. The number of rotatable bonds is 14. The van der Waals surface area contributed by atoms with Gasteiger partial charge in [-0.05, 0) is 79.5 Å². The number of nitrogens with one attached hydrogen (secondary N) is 2. The SMILES string of the molecule is CCCCN(C)Cc1cc(Br)cc(C(=O)NC(Cc2cc(F)cc(F)c2)C(O)CNCc2cccc(C(F)(F)F)c2)c1. The molecule has 0 saturated heterocycles. The van der Waals surface area contributed by atoms with Crippen LogP contribution in [0.2, 0.25) is 0 Å². The van der Waals surface area contributed by atoms with Gasteiger partial charge in [-0.1, -0.05) is 47.5 Å². The highest BCUT2D eigenvalue weighted by molar-refractivity contribution is 9.10. The van der Waals surface area contributed by atoms with Crippen molar-refractivity contribution in [2.24, 2.45) is 0 Å². The van der Waals surface area contributed by atoms with Crippen LogP contribution in [0.1, 0.15) is 52.4 Å². The highest BCUT2D eigenvalue weighted by atomic mass is 79.9. The number of alkyl halides is 3. The van der Waals surface area contributed by atoms with E-state index in [1.54, 1.807) is 12.1 Å². The first kappa shape index (κ1) is 33.6. The Morgan fingerprint density at radius 3 is 2.38 bits per heavy atom. The van der Waals surface area contributed by atoms with Crippen molar-refractivity contribution in [2.75, 3.05) is 20.1 Å². The molecule has 0 aliphatic rings. The van der Waals surface area contributed by atoms with E-state index in [2.05, 4.69) is 38.4 Å². The first-order valence-electron chi connectivity index (χ1n) is 13.6. The van der Waals surface area contributed by atoms with Crippen LogP contribution in [0.3, 0.4) is 0 Å². The number of benzene rings is 3. The van der Waals surface area contributed by atoms with Gasteiger partial charge in [-0.3, -0.25) is 4.79 Å². The van der Waals surface area contributed by atoms with Crippen LogP contribution in [-0.4, -0.2) is 48.2 Å². The molecule has 1 amide bonds. The number of amides is 1. The molecule has 2 unspecified atom stereocenters. The van der Waals surface area contributed by atoms with Crippen LogP contribution in [0.25, 0.3) is 0 Å². The van der Waals surface area contributed by atoms with Crippen molar-refractivity contribution >= 4 is 21.8 Å². The number of aliphatic hydroxyl groups is 1. The van der Waals surface area contributed by atoms with Gasteiger partial charge in [0, 0.05) is 35.7 Å². The standard InChI is InChI=1S/C31H35BrF5N3O2/c1-3-4-8-40(2)19-22-9-23(15-25(32)11-22)30(42)39-28(14-21-12-26(33)16-27(34)13-21)29(41)18-38-17-20-6-5-7-24(10-20)31(35,36)37/h5-7,9-13,15-16,28-29,38,41H,3-4,8,14,17-19H2,1-2H3,(H,39,42). The van der Waals surface area contributed by atoms with Crippen LogP contribution in [0.15, 0.2) is 65.1 Å². The van der Waals surface area contributed by atoms with E-state index in [0.29, 0.717) is 22.1 Å². The Balaban J connectivity index is 1.75. The van der Waals surface area contributed by atoms with Crippen LogP contribution < -0.4 is 10.6 Å². The number of hydrogen-bond acceptors (Lipinski definition) is 4. The zero-order valence-corrected chi connectivity index (χ0v) is 25.0. The molecule has 0 saturated carbocycles. The van der Waals surface area contributed by atoms with E-state index in [4.69, 9.17) is 0 Å². The van der Waals surface area contributed by atoms with Gasteiger partial charge in [0.2, 0.25) is 0 Å². The zero-order valence-electron chi connectivity index (χ0n) is 23.4. The predicted molar refractivity (Wildman–Crippen MR) is 156 cm³/mol. The van der Waals surface area contributed by atoms with Crippen molar-refractivity contribution < 1.29 is 31.9 Å². The number of carbonyl (C=O) groups excluding carboxylic acids is 1. The maximum atomic E-state index is 13.9. The summed E-state index contributed by atoms with van der Waals surface area (Å²) in [5.41, 5.74) is 1.03. The molecule has 3 aromatic carbocycles. The van der Waals surface area contributed by atoms with Crippen molar-refractivity contribution in [3.8, 4) is 0 Å². The largest absolute Gasteiger partial charge is 0.416 e. The third-order valence-electron chi connectivity index (χ3n) is 6.66. The lowest BCUT2D eigenvalue weighted by Crippen LogP contribution is -2.48. The van der Waals surface area contributed by atoms with Gasteiger partial charge in [0.1, 0.15) is 11.6 Å². The van der Waals surface area contributed by atoms with E-state index in [-0.39, 0.29) is 25.1 Å². The molecule has 42 heavy (non-hydrogen) atoms. The molecule has 3 N–H and O–H groups in total. The van der Waals surface area contributed by atoms with E-state index in [9.17, 15) is 31.9 Å². The summed E-state index contributed by atoms with van der Waals surface area (Å²) in [6.45, 7) is 3.55. The third-order valence-corrected chi connectivity index (χ3v) is 7.12. The van der Waals surface area contributed by atoms with Gasteiger partial charge >= 0.3 is 6.18 Å². The van der Waals surface area contributed by atoms with Crippen molar-refractivity contribution in [2.45, 2.75) is 57.6 Å². The molecule has 3 aromatic rings. The molecule has 2 atom stereocenters. The topological polar surface area (TPSA) is 64.6 Å². The van der Waals surface area contributed by atoms with E-state index in [1.165, 1.54) is 12.1 Å². The Bertz CT molecular complexity index is 1320. The fourth-order valence-corrected chi connectivity index (χ4v) is 5.11. The normalized spacial score (nSPS) is 13.3. The van der Waals surface area contributed by atoms with Gasteiger partial charge in [-0.25, -0.2) is 8.78 Å². The van der Waals surface area contributed by atoms with Crippen LogP contribution in [0.4, 0.5) is 22.0 Å². The summed E-state index contributed by atoms with van der Waals surface area (Å²) < 4.78 is 67.6. The van der Waals surface area contributed by atoms with E-state index >= 15 is 0 Å². The molecule has 0 spiro atoms. The second kappa shape index (κ2) is 15.6. The highest BCUT2D eigenvalue weighted by Gasteiger charge is 2.30. The Hall–Kier alpha value is -2.86. The van der Waals surface area contributed by atoms with Crippen molar-refractivity contribution in [3.63, 3.8) is 0 Å². The van der Waals surface area contributed by atoms with Crippen molar-refractivity contribution in [1.82, 2.24) is 15.5 Å². The van der Waals surface area contributed by atoms with Crippen LogP contribution in [0, 0.1) is 11.6 Å². The molecule has 0 radical (unpaired) electrons. The quantitative estimate of drug-likeness (QED) is 0.174. The number of aliphatic hydroxyl groups excluding tert-OH is 1. The van der Waals surface area contributed by atoms with Gasteiger partial charge in [-0.15, -0.1) is 0 Å². The number of hydrogen-bond donors (Lipinski definition) is 3. The summed E-state index contributed by atoms with van der Waals surface area (Å²) in [4.78, 5) is 15.5. The molecule has 0 fully saturated rings. The Labute approximate surface area is 251 Å². The summed E-state index contributed by atoms with van der Waals surface area (Å²) in [5, 5.41) is 16.7. The summed E-state index contributed by atoms with van der Waals surface area (Å²) in [6.07, 6.45) is -3.71. The number of carbonyl (C=O) groups is 1. The third kappa shape index (κ3) is 10.8. The Morgan fingerprint density at radius 1 is 1.00 bits per heavy atom. The zero-order chi connectivity index (χ0) is 30.9. The summed E-state index contributed by atoms with van der Waals surface area (Å²) in [6, 6.07) is 12.1. The summed E-state index contributed by atoms with van der Waals surface area (Å²) in [7, 11) is 1.99. The minimum absolute atomic E-state index is 0.0246. The van der Waals surface area contributed by atoms with Gasteiger partial charge in [-0.2, -0.15) is 13.2 Å². The van der Waals surface area contributed by atoms with E-state index in [1.807, 2.05) is 13.1 Å². The average molecular weight is 657 g/mol. The van der Waals surface area contributed by atoms with Gasteiger partial charge in [0.15, 0.2) is 0 Å². The molecule has 0 heterocycles. The minimum Gasteiger partial charge on any atom is -0.390 e. The van der Waals surface area contributed by atoms with Crippen molar-refractivity contribution in [1.29, 1.82) is 0 Å². The minimum atomic E-state index is -4.48. The molecule has 228 valence electrons. The average Bonchev–Trinajstić information content (AvgIpc) is 2.90. The molecule has 3 rings (SSSR count). The lowest BCUT2D eigenvalue weighted by atomic mass is 9.99. The predicted octanol–water partition coefficient (Wildman–Crippen LogP) is 6.47. The number of halogens is 6. The van der Waals surface area contributed by atoms with E-state index < -0.39 is 41.4 Å². The fraction of sp³-hybridized carbons (Fsp3) is 0.387. The lowest BCUT2D eigenvalue weighted by molar-refractivity contribution is -0.137. The molecular weight excluding hydrogens is 621 g/mol. The van der Waals surface area contributed by atoms with Crippen LogP contribution in [-0.2, 0) is 25.7 Å². The van der Waals surface area contributed by atoms with Crippen LogP contribution in [0.5, 0.6) is 0 Å². The van der Waals surface area contributed by atoms with Gasteiger partial charge in [0.05, 0.1) is 17.7 Å². The second-order valence-corrected chi connectivity index (χ2v) is 11.3. The monoisotopic (exact) mass is 655 g/mol. The Morgan fingerprint density at radius 2 is 1.71 bits per heavy atom. The first-order valence-corrected chi connectivity index (χ1v) is 14.4. The number of nitrogens with zero attached hydrogens (tertiary/aromatic N) is 1. The maximum absolute atomic E-state index is 13.9. The second-order valence-electron chi connectivity index (χ2n) is 10.4. The van der Waals surface area contributed by atoms with Crippen molar-refractivity contribution in [3.05, 3.63) is 105 Å². The van der Waals surface area contributed by atoms with Gasteiger partial charge in [0.25, 0.3) is 5.91 Å². The maximum Gasteiger partial charge on any atom is 0.416 e. The molecular formula is C31H35BrF5N3O2. The lowest BCUT2D eigenvalue weighted by Gasteiger charge is -2.25. The smallest absolute Gasteiger partial charge is 0.390 e. The number of unbranched alkanes of at least 4 members (excludes halogenated alkanes) is 1. The molecule has 5 nitrogen and oxygen atoms in total.